The molecule has 24 heavy (non-hydrogen) atoms. The van der Waals surface area contributed by atoms with Crippen molar-refractivity contribution in [3.63, 3.8) is 0 Å². The van der Waals surface area contributed by atoms with Gasteiger partial charge in [0.25, 0.3) is 0 Å². The number of carbonyl (C=O) groups is 1. The van der Waals surface area contributed by atoms with E-state index in [0.29, 0.717) is 12.8 Å². The van der Waals surface area contributed by atoms with Gasteiger partial charge in [0.05, 0.1) is 11.3 Å². The molecule has 1 aromatic carbocycles. The van der Waals surface area contributed by atoms with E-state index in [9.17, 15) is 4.79 Å². The van der Waals surface area contributed by atoms with Crippen LogP contribution in [0.15, 0.2) is 42.7 Å². The highest BCUT2D eigenvalue weighted by Gasteiger charge is 2.26. The van der Waals surface area contributed by atoms with Crippen molar-refractivity contribution in [1.29, 1.82) is 0 Å². The maximum Gasteiger partial charge on any atom is 0.306 e. The lowest BCUT2D eigenvalue weighted by atomic mass is 9.97. The molecule has 122 valence electrons. The minimum Gasteiger partial charge on any atom is -0.481 e. The van der Waals surface area contributed by atoms with Gasteiger partial charge in [-0.3, -0.25) is 4.79 Å². The first-order valence-electron chi connectivity index (χ1n) is 8.00. The number of carboxylic acids is 1. The van der Waals surface area contributed by atoms with E-state index in [1.165, 1.54) is 10.4 Å². The third kappa shape index (κ3) is 2.73. The summed E-state index contributed by atoms with van der Waals surface area (Å²) in [5.41, 5.74) is 1.18. The van der Waals surface area contributed by atoms with Crippen molar-refractivity contribution >= 4 is 33.3 Å². The maximum atomic E-state index is 11.1. The number of aliphatic carboxylic acids is 1. The summed E-state index contributed by atoms with van der Waals surface area (Å²) in [6.07, 6.45) is 2.93. The van der Waals surface area contributed by atoms with Crippen molar-refractivity contribution in [2.45, 2.75) is 12.8 Å². The third-order valence-electron chi connectivity index (χ3n) is 4.51. The van der Waals surface area contributed by atoms with Crippen LogP contribution in [0.1, 0.15) is 12.8 Å². The first kappa shape index (κ1) is 15.1. The van der Waals surface area contributed by atoms with Gasteiger partial charge < -0.3 is 10.0 Å². The second-order valence-corrected chi connectivity index (χ2v) is 7.02. The number of carboxylic acid groups (broad SMARTS) is 1. The Balaban J connectivity index is 1.67. The van der Waals surface area contributed by atoms with Crippen LogP contribution < -0.4 is 4.90 Å². The molecule has 0 saturated carbocycles. The molecule has 2 aromatic heterocycles. The van der Waals surface area contributed by atoms with Crippen molar-refractivity contribution in [3.8, 4) is 10.4 Å². The Morgan fingerprint density at radius 3 is 2.62 bits per heavy atom. The molecule has 3 heterocycles. The number of piperidine rings is 1. The Morgan fingerprint density at radius 1 is 1.17 bits per heavy atom. The molecule has 1 N–H and O–H groups in total. The first-order valence-corrected chi connectivity index (χ1v) is 8.82. The van der Waals surface area contributed by atoms with Crippen molar-refractivity contribution in [1.82, 2.24) is 9.97 Å². The summed E-state index contributed by atoms with van der Waals surface area (Å²) in [6.45, 7) is 1.44. The van der Waals surface area contributed by atoms with Gasteiger partial charge in [-0.1, -0.05) is 30.3 Å². The Hall–Kier alpha value is -2.47. The molecule has 5 nitrogen and oxygen atoms in total. The van der Waals surface area contributed by atoms with E-state index in [2.05, 4.69) is 33.1 Å². The second-order valence-electron chi connectivity index (χ2n) is 5.99. The number of hydrogen-bond acceptors (Lipinski definition) is 5. The van der Waals surface area contributed by atoms with Crippen LogP contribution in [0.2, 0.25) is 0 Å². The summed E-state index contributed by atoms with van der Waals surface area (Å²) < 4.78 is 0. The molecule has 0 aliphatic carbocycles. The van der Waals surface area contributed by atoms with Crippen LogP contribution >= 0.6 is 11.3 Å². The molecule has 0 unspecified atom stereocenters. The predicted molar refractivity (Wildman–Crippen MR) is 95.4 cm³/mol. The fourth-order valence-electron chi connectivity index (χ4n) is 3.18. The molecule has 1 fully saturated rings. The van der Waals surface area contributed by atoms with Crippen LogP contribution in [0.5, 0.6) is 0 Å². The molecule has 0 amide bonds. The molecule has 0 radical (unpaired) electrons. The maximum absolute atomic E-state index is 11.1. The van der Waals surface area contributed by atoms with Gasteiger partial charge in [-0.05, 0) is 24.5 Å². The molecular formula is C18H17N3O2S. The minimum atomic E-state index is -0.690. The van der Waals surface area contributed by atoms with Crippen molar-refractivity contribution in [2.24, 2.45) is 5.92 Å². The summed E-state index contributed by atoms with van der Waals surface area (Å²) in [7, 11) is 0. The van der Waals surface area contributed by atoms with Gasteiger partial charge >= 0.3 is 5.97 Å². The molecule has 1 aliphatic heterocycles. The van der Waals surface area contributed by atoms with Crippen LogP contribution in [0.25, 0.3) is 20.7 Å². The zero-order chi connectivity index (χ0) is 16.5. The van der Waals surface area contributed by atoms with Crippen molar-refractivity contribution in [2.75, 3.05) is 18.0 Å². The third-order valence-corrected chi connectivity index (χ3v) is 5.60. The Kier molecular flexibility index (Phi) is 3.90. The van der Waals surface area contributed by atoms with E-state index in [0.717, 1.165) is 29.1 Å². The summed E-state index contributed by atoms with van der Waals surface area (Å²) in [4.78, 5) is 24.4. The van der Waals surface area contributed by atoms with Gasteiger partial charge in [0.2, 0.25) is 0 Å². The lowest BCUT2D eigenvalue weighted by Gasteiger charge is -2.31. The van der Waals surface area contributed by atoms with Crippen LogP contribution in [-0.4, -0.2) is 34.1 Å². The zero-order valence-corrected chi connectivity index (χ0v) is 13.9. The highest BCUT2D eigenvalue weighted by atomic mass is 32.1. The van der Waals surface area contributed by atoms with E-state index in [-0.39, 0.29) is 5.92 Å². The largest absolute Gasteiger partial charge is 0.481 e. The zero-order valence-electron chi connectivity index (χ0n) is 13.1. The fraction of sp³-hybridized carbons (Fsp3) is 0.278. The second kappa shape index (κ2) is 6.20. The molecule has 1 saturated heterocycles. The summed E-state index contributed by atoms with van der Waals surface area (Å²) in [5.74, 6) is -0.00687. The predicted octanol–water partition coefficient (Wildman–Crippen LogP) is 3.66. The monoisotopic (exact) mass is 339 g/mol. The van der Waals surface area contributed by atoms with E-state index in [4.69, 9.17) is 5.11 Å². The van der Waals surface area contributed by atoms with Crippen molar-refractivity contribution < 1.29 is 9.90 Å². The highest BCUT2D eigenvalue weighted by molar-refractivity contribution is 7.21. The number of thiophene rings is 1. The number of rotatable bonds is 3. The van der Waals surface area contributed by atoms with Crippen LogP contribution in [0.3, 0.4) is 0 Å². The quantitative estimate of drug-likeness (QED) is 0.789. The molecular weight excluding hydrogens is 322 g/mol. The molecule has 4 rings (SSSR count). The number of anilines is 1. The number of benzene rings is 1. The molecule has 3 aromatic rings. The molecule has 1 aliphatic rings. The molecule has 0 bridgehead atoms. The van der Waals surface area contributed by atoms with Crippen molar-refractivity contribution in [3.05, 3.63) is 42.7 Å². The Morgan fingerprint density at radius 2 is 1.92 bits per heavy atom. The van der Waals surface area contributed by atoms with Gasteiger partial charge in [0.1, 0.15) is 17.0 Å². The van der Waals surface area contributed by atoms with Crippen LogP contribution in [-0.2, 0) is 4.79 Å². The van der Waals surface area contributed by atoms with Crippen LogP contribution in [0, 0.1) is 5.92 Å². The number of hydrogen-bond donors (Lipinski definition) is 1. The molecule has 6 heteroatoms. The highest BCUT2D eigenvalue weighted by Crippen LogP contribution is 2.36. The average Bonchev–Trinajstić information content (AvgIpc) is 3.07. The van der Waals surface area contributed by atoms with E-state index in [1.807, 2.05) is 18.2 Å². The average molecular weight is 339 g/mol. The van der Waals surface area contributed by atoms with Gasteiger partial charge in [0.15, 0.2) is 0 Å². The van der Waals surface area contributed by atoms with Gasteiger partial charge in [-0.25, -0.2) is 9.97 Å². The van der Waals surface area contributed by atoms with Gasteiger partial charge in [0, 0.05) is 18.0 Å². The lowest BCUT2D eigenvalue weighted by Crippen LogP contribution is -2.36. The summed E-state index contributed by atoms with van der Waals surface area (Å²) in [5, 5.41) is 10.2. The topological polar surface area (TPSA) is 66.3 Å². The van der Waals surface area contributed by atoms with Crippen LogP contribution in [0.4, 0.5) is 5.82 Å². The molecule has 0 spiro atoms. The van der Waals surface area contributed by atoms with E-state index < -0.39 is 5.97 Å². The minimum absolute atomic E-state index is 0.235. The molecule has 0 atom stereocenters. The fourth-order valence-corrected chi connectivity index (χ4v) is 4.18. The van der Waals surface area contributed by atoms with E-state index in [1.54, 1.807) is 17.7 Å². The number of aromatic nitrogens is 2. The van der Waals surface area contributed by atoms with E-state index >= 15 is 0 Å². The van der Waals surface area contributed by atoms with Gasteiger partial charge in [-0.15, -0.1) is 11.3 Å². The lowest BCUT2D eigenvalue weighted by molar-refractivity contribution is -0.142. The smallest absolute Gasteiger partial charge is 0.306 e. The van der Waals surface area contributed by atoms with Gasteiger partial charge in [-0.2, -0.15) is 0 Å². The SMILES string of the molecule is O=C(O)C1CCN(c2ncnc3sc(-c4ccccc4)cc23)CC1. The summed E-state index contributed by atoms with van der Waals surface area (Å²) in [6, 6.07) is 12.4. The number of fused-ring (bicyclic) bond motifs is 1. The Bertz CT molecular complexity index is 870. The first-order chi connectivity index (χ1) is 11.7. The normalized spacial score (nSPS) is 15.8. The summed E-state index contributed by atoms with van der Waals surface area (Å²) >= 11 is 1.66. The Labute approximate surface area is 143 Å². The standard InChI is InChI=1S/C18H17N3O2S/c22-18(23)13-6-8-21(9-7-13)16-14-10-15(12-4-2-1-3-5-12)24-17(14)20-11-19-16/h1-5,10-11,13H,6-9H2,(H,22,23). The number of nitrogens with zero attached hydrogens (tertiary/aromatic N) is 3.